The molecule has 0 aromatic carbocycles. The summed E-state index contributed by atoms with van der Waals surface area (Å²) in [5, 5.41) is 0. The van der Waals surface area contributed by atoms with Crippen LogP contribution in [0.15, 0.2) is 15.7 Å². The molecular formula is C19H26FIN2O7. The molecule has 0 spiro atoms. The fourth-order valence-electron chi connectivity index (χ4n) is 3.95. The largest absolute Gasteiger partial charge is 0.353 e. The van der Waals surface area contributed by atoms with Crippen LogP contribution in [0.2, 0.25) is 0 Å². The van der Waals surface area contributed by atoms with E-state index in [0.29, 0.717) is 19.6 Å². The van der Waals surface area contributed by atoms with Gasteiger partial charge in [0.1, 0.15) is 12.2 Å². The van der Waals surface area contributed by atoms with Crippen LogP contribution in [0.1, 0.15) is 44.8 Å². The van der Waals surface area contributed by atoms with E-state index in [1.54, 1.807) is 0 Å². The number of rotatable bonds is 6. The van der Waals surface area contributed by atoms with E-state index in [-0.39, 0.29) is 16.6 Å². The van der Waals surface area contributed by atoms with Gasteiger partial charge in [-0.1, -0.05) is 0 Å². The van der Waals surface area contributed by atoms with Crippen LogP contribution >= 0.6 is 22.6 Å². The lowest BCUT2D eigenvalue weighted by Gasteiger charge is -2.29. The number of nitrogens with one attached hydrogen (secondary N) is 1. The molecule has 3 fully saturated rings. The third-order valence-electron chi connectivity index (χ3n) is 5.48. The second-order valence-electron chi connectivity index (χ2n) is 7.67. The van der Waals surface area contributed by atoms with Gasteiger partial charge in [0.2, 0.25) is 0 Å². The predicted octanol–water partition coefficient (Wildman–Crippen LogP) is 1.83. The number of alkyl halides is 1. The average molecular weight is 540 g/mol. The second-order valence-corrected chi connectivity index (χ2v) is 8.77. The van der Waals surface area contributed by atoms with Crippen molar-refractivity contribution >= 4 is 22.6 Å². The van der Waals surface area contributed by atoms with E-state index < -0.39 is 42.1 Å². The maximum atomic E-state index is 15.5. The summed E-state index contributed by atoms with van der Waals surface area (Å²) >= 11 is 1.82. The number of halogens is 2. The van der Waals surface area contributed by atoms with E-state index in [4.69, 9.17) is 23.7 Å². The summed E-state index contributed by atoms with van der Waals surface area (Å²) in [6.07, 6.45) is -0.181. The molecule has 1 aromatic heterocycles. The lowest BCUT2D eigenvalue weighted by atomic mass is 10.1. The third kappa shape index (κ3) is 5.13. The van der Waals surface area contributed by atoms with Crippen molar-refractivity contribution in [2.75, 3.05) is 19.8 Å². The molecule has 4 rings (SSSR count). The maximum absolute atomic E-state index is 15.5. The van der Waals surface area contributed by atoms with E-state index in [9.17, 15) is 9.59 Å². The molecule has 0 aliphatic carbocycles. The number of hydrogen-bond donors (Lipinski definition) is 1. The highest BCUT2D eigenvalue weighted by atomic mass is 127. The van der Waals surface area contributed by atoms with E-state index in [2.05, 4.69) is 4.98 Å². The molecule has 0 saturated carbocycles. The molecule has 30 heavy (non-hydrogen) atoms. The van der Waals surface area contributed by atoms with Crippen LogP contribution in [0.25, 0.3) is 0 Å². The van der Waals surface area contributed by atoms with Gasteiger partial charge in [0.15, 0.2) is 25.0 Å². The summed E-state index contributed by atoms with van der Waals surface area (Å²) in [5.41, 5.74) is -1.28. The summed E-state index contributed by atoms with van der Waals surface area (Å²) in [5.74, 6) is 0. The second kappa shape index (κ2) is 10.2. The minimum atomic E-state index is -1.64. The number of nitrogens with zero attached hydrogens (tertiary/aromatic N) is 1. The summed E-state index contributed by atoms with van der Waals surface area (Å²) in [4.78, 5) is 26.0. The topological polar surface area (TPSA) is 101 Å². The SMILES string of the molecule is O=c1cc(I)n([C@@H]2O[C@H](COC3CCCCO3)[C@@H](OC3CCCCO3)[C@H]2F)c(=O)[nH]1. The van der Waals surface area contributed by atoms with Crippen LogP contribution in [0, 0.1) is 3.70 Å². The van der Waals surface area contributed by atoms with Gasteiger partial charge in [-0.15, -0.1) is 0 Å². The molecule has 3 aliphatic rings. The Bertz CT molecular complexity index is 822. The standard InChI is InChI=1S/C19H26FIN2O7/c20-16-17(30-15-6-2-4-8-27-15)11(10-28-14-5-1-3-7-26-14)29-18(16)23-12(21)9-13(24)22-19(23)25/h9,11,14-18H,1-8,10H2,(H,22,24,25)/t11-,14?,15?,16-,17-,18-/m1/s1. The van der Waals surface area contributed by atoms with Crippen molar-refractivity contribution in [3.05, 3.63) is 30.6 Å². The first-order valence-corrected chi connectivity index (χ1v) is 11.4. The molecule has 9 nitrogen and oxygen atoms in total. The third-order valence-corrected chi connectivity index (χ3v) is 6.31. The minimum absolute atomic E-state index is 0.0632. The Morgan fingerprint density at radius 1 is 1.13 bits per heavy atom. The molecule has 6 atom stereocenters. The lowest BCUT2D eigenvalue weighted by Crippen LogP contribution is -2.41. The molecule has 0 bridgehead atoms. The van der Waals surface area contributed by atoms with Crippen molar-refractivity contribution < 1.29 is 28.1 Å². The highest BCUT2D eigenvalue weighted by Crippen LogP contribution is 2.36. The van der Waals surface area contributed by atoms with E-state index in [0.717, 1.165) is 36.7 Å². The highest BCUT2D eigenvalue weighted by Gasteiger charge is 2.49. The van der Waals surface area contributed by atoms with Crippen LogP contribution in [0.4, 0.5) is 4.39 Å². The van der Waals surface area contributed by atoms with Gasteiger partial charge in [0.25, 0.3) is 5.56 Å². The minimum Gasteiger partial charge on any atom is -0.353 e. The number of H-pyrrole nitrogens is 1. The Morgan fingerprint density at radius 3 is 2.47 bits per heavy atom. The summed E-state index contributed by atoms with van der Waals surface area (Å²) in [7, 11) is 0. The van der Waals surface area contributed by atoms with Crippen LogP contribution < -0.4 is 11.2 Å². The van der Waals surface area contributed by atoms with Crippen LogP contribution in [0.5, 0.6) is 0 Å². The molecule has 1 N–H and O–H groups in total. The molecule has 168 valence electrons. The quantitative estimate of drug-likeness (QED) is 0.434. The number of ether oxygens (including phenoxy) is 5. The first kappa shape index (κ1) is 22.3. The van der Waals surface area contributed by atoms with Crippen molar-refractivity contribution in [1.82, 2.24) is 9.55 Å². The fourth-order valence-corrected chi connectivity index (χ4v) is 4.73. The number of aromatic nitrogens is 2. The van der Waals surface area contributed by atoms with Gasteiger partial charge in [0, 0.05) is 19.3 Å². The molecule has 3 aliphatic heterocycles. The van der Waals surface area contributed by atoms with Crippen molar-refractivity contribution in [3.63, 3.8) is 0 Å². The molecule has 11 heteroatoms. The first-order chi connectivity index (χ1) is 14.5. The molecular weight excluding hydrogens is 514 g/mol. The van der Waals surface area contributed by atoms with Crippen LogP contribution in [-0.2, 0) is 23.7 Å². The summed E-state index contributed by atoms with van der Waals surface area (Å²) in [6, 6.07) is 1.22. The van der Waals surface area contributed by atoms with Gasteiger partial charge in [0.05, 0.1) is 10.3 Å². The summed E-state index contributed by atoms with van der Waals surface area (Å²) in [6.45, 7) is 1.26. The average Bonchev–Trinajstić information content (AvgIpc) is 3.03. The highest BCUT2D eigenvalue weighted by molar-refractivity contribution is 14.1. The normalized spacial score (nSPS) is 34.9. The Morgan fingerprint density at radius 2 is 1.83 bits per heavy atom. The van der Waals surface area contributed by atoms with Crippen LogP contribution in [-0.4, -0.2) is 60.3 Å². The fraction of sp³-hybridized carbons (Fsp3) is 0.789. The van der Waals surface area contributed by atoms with Crippen molar-refractivity contribution in [3.8, 4) is 0 Å². The molecule has 0 amide bonds. The van der Waals surface area contributed by atoms with Gasteiger partial charge in [-0.05, 0) is 61.1 Å². The predicted molar refractivity (Wildman–Crippen MR) is 111 cm³/mol. The van der Waals surface area contributed by atoms with Gasteiger partial charge >= 0.3 is 5.69 Å². The summed E-state index contributed by atoms with van der Waals surface area (Å²) < 4.78 is 45.7. The Hall–Kier alpha value is -0.860. The van der Waals surface area contributed by atoms with Crippen molar-refractivity contribution in [1.29, 1.82) is 0 Å². The number of hydrogen-bond acceptors (Lipinski definition) is 7. The Labute approximate surface area is 186 Å². The zero-order valence-electron chi connectivity index (χ0n) is 16.5. The monoisotopic (exact) mass is 540 g/mol. The Balaban J connectivity index is 1.52. The molecule has 1 aromatic rings. The molecule has 4 heterocycles. The van der Waals surface area contributed by atoms with Gasteiger partial charge in [-0.25, -0.2) is 9.18 Å². The van der Waals surface area contributed by atoms with Gasteiger partial charge in [-0.2, -0.15) is 0 Å². The number of aromatic amines is 1. The van der Waals surface area contributed by atoms with Crippen molar-refractivity contribution in [2.24, 2.45) is 0 Å². The van der Waals surface area contributed by atoms with Crippen molar-refractivity contribution in [2.45, 2.75) is 75.7 Å². The zero-order valence-corrected chi connectivity index (χ0v) is 18.6. The molecule has 2 unspecified atom stereocenters. The van der Waals surface area contributed by atoms with Gasteiger partial charge < -0.3 is 23.7 Å². The molecule has 0 radical (unpaired) electrons. The van der Waals surface area contributed by atoms with Gasteiger partial charge in [-0.3, -0.25) is 14.3 Å². The van der Waals surface area contributed by atoms with E-state index in [1.165, 1.54) is 6.07 Å². The van der Waals surface area contributed by atoms with E-state index >= 15 is 4.39 Å². The lowest BCUT2D eigenvalue weighted by molar-refractivity contribution is -0.220. The maximum Gasteiger partial charge on any atom is 0.331 e. The van der Waals surface area contributed by atoms with Crippen LogP contribution in [0.3, 0.4) is 0 Å². The zero-order chi connectivity index (χ0) is 21.1. The smallest absolute Gasteiger partial charge is 0.331 e. The molecule has 3 saturated heterocycles. The Kier molecular flexibility index (Phi) is 7.57. The van der Waals surface area contributed by atoms with E-state index in [1.807, 2.05) is 22.6 Å². The first-order valence-electron chi connectivity index (χ1n) is 10.3.